The van der Waals surface area contributed by atoms with Gasteiger partial charge in [0.15, 0.2) is 11.5 Å². The first-order valence-corrected chi connectivity index (χ1v) is 13.2. The molecule has 1 unspecified atom stereocenters. The van der Waals surface area contributed by atoms with Gasteiger partial charge in [0.2, 0.25) is 5.95 Å². The molecule has 11 nitrogen and oxygen atoms in total. The van der Waals surface area contributed by atoms with Crippen molar-refractivity contribution in [2.45, 2.75) is 31.9 Å². The normalized spacial score (nSPS) is 21.7. The molecule has 0 amide bonds. The number of rotatable bonds is 3. The van der Waals surface area contributed by atoms with E-state index in [9.17, 15) is 15.1 Å². The van der Waals surface area contributed by atoms with Crippen molar-refractivity contribution in [1.82, 2.24) is 24.3 Å². The standard InChI is InChI=1S/C28H32N8O3/c1-28(38)13-4-3-5-14-34-26(37)22-19-29-27(32-25(22)35(34)24-8-6-7-23(28)31-24)30-20-9-11-21(12-10-20)33-15-17-36(2,39)18-16-33/h3,5-12,19,38H,4,13-18H2,1-2H3,(H,29,30,32)/b5-3-. The predicted molar refractivity (Wildman–Crippen MR) is 150 cm³/mol. The monoisotopic (exact) mass is 528 g/mol. The molecule has 0 saturated carbocycles. The molecule has 0 radical (unpaired) electrons. The number of aliphatic hydroxyl groups is 1. The first-order chi connectivity index (χ1) is 18.7. The number of piperazine rings is 1. The van der Waals surface area contributed by atoms with Crippen LogP contribution in [-0.4, -0.2) is 67.3 Å². The van der Waals surface area contributed by atoms with E-state index in [1.807, 2.05) is 42.5 Å². The van der Waals surface area contributed by atoms with Crippen molar-refractivity contribution in [3.63, 3.8) is 0 Å². The molecular weight excluding hydrogens is 496 g/mol. The molecular formula is C28H32N8O3. The number of fused-ring (bicyclic) bond motifs is 6. The number of likely N-dealkylation sites (N-methyl/N-ethyl adjacent to an activating group) is 1. The average Bonchev–Trinajstić information content (AvgIpc) is 3.19. The summed E-state index contributed by atoms with van der Waals surface area (Å²) in [6.45, 7) is 4.68. The van der Waals surface area contributed by atoms with Gasteiger partial charge in [-0.3, -0.25) is 4.79 Å². The van der Waals surface area contributed by atoms with Gasteiger partial charge in [-0.05, 0) is 56.2 Å². The molecule has 3 aromatic heterocycles. The number of nitrogens with one attached hydrogen (secondary N) is 1. The second-order valence-electron chi connectivity index (χ2n) is 10.7. The lowest BCUT2D eigenvalue weighted by atomic mass is 9.95. The van der Waals surface area contributed by atoms with E-state index in [-0.39, 0.29) is 10.2 Å². The number of hydroxylamine groups is 3. The van der Waals surface area contributed by atoms with Gasteiger partial charge in [0.05, 0.1) is 45.5 Å². The summed E-state index contributed by atoms with van der Waals surface area (Å²) in [6.07, 6.45) is 6.62. The Hall–Kier alpha value is -4.06. The number of hydrogen-bond donors (Lipinski definition) is 2. The molecule has 0 aliphatic carbocycles. The van der Waals surface area contributed by atoms with Gasteiger partial charge in [-0.1, -0.05) is 18.2 Å². The van der Waals surface area contributed by atoms with Gasteiger partial charge in [-0.2, -0.15) is 4.98 Å². The number of aromatic nitrogens is 5. The summed E-state index contributed by atoms with van der Waals surface area (Å²) in [7, 11) is 1.72. The third-order valence-corrected chi connectivity index (χ3v) is 7.60. The number of anilines is 3. The molecule has 2 N–H and O–H groups in total. The average molecular weight is 529 g/mol. The molecule has 2 aliphatic heterocycles. The molecule has 1 aromatic carbocycles. The summed E-state index contributed by atoms with van der Waals surface area (Å²) in [4.78, 5) is 29.4. The van der Waals surface area contributed by atoms with E-state index in [1.165, 1.54) is 6.20 Å². The smallest absolute Gasteiger partial charge is 0.278 e. The molecule has 1 fully saturated rings. The molecule has 1 atom stereocenters. The molecule has 0 spiro atoms. The third kappa shape index (κ3) is 4.91. The fourth-order valence-electron chi connectivity index (χ4n) is 5.14. The highest BCUT2D eigenvalue weighted by Crippen LogP contribution is 2.27. The second-order valence-corrected chi connectivity index (χ2v) is 10.7. The number of quaternary nitrogens is 1. The molecule has 4 aromatic rings. The largest absolute Gasteiger partial charge is 0.633 e. The Morgan fingerprint density at radius 3 is 2.62 bits per heavy atom. The quantitative estimate of drug-likeness (QED) is 0.236. The highest BCUT2D eigenvalue weighted by Gasteiger charge is 2.26. The molecule has 2 aliphatic rings. The highest BCUT2D eigenvalue weighted by molar-refractivity contribution is 5.77. The summed E-state index contributed by atoms with van der Waals surface area (Å²) in [6, 6.07) is 13.4. The van der Waals surface area contributed by atoms with Gasteiger partial charge in [0, 0.05) is 17.6 Å². The van der Waals surface area contributed by atoms with E-state index < -0.39 is 5.60 Å². The highest BCUT2D eigenvalue weighted by atomic mass is 16.5. The van der Waals surface area contributed by atoms with Crippen molar-refractivity contribution in [3.05, 3.63) is 82.1 Å². The molecule has 2 bridgehead atoms. The molecule has 6 rings (SSSR count). The van der Waals surface area contributed by atoms with Gasteiger partial charge in [-0.25, -0.2) is 19.3 Å². The first-order valence-electron chi connectivity index (χ1n) is 13.2. The fraction of sp³-hybridized carbons (Fsp3) is 0.357. The van der Waals surface area contributed by atoms with Crippen LogP contribution in [-0.2, 0) is 12.1 Å². The van der Waals surface area contributed by atoms with Crippen molar-refractivity contribution < 1.29 is 9.75 Å². The molecule has 1 saturated heterocycles. The van der Waals surface area contributed by atoms with E-state index in [4.69, 9.17) is 9.97 Å². The topological polar surface area (TPSA) is 124 Å². The summed E-state index contributed by atoms with van der Waals surface area (Å²) < 4.78 is 3.09. The van der Waals surface area contributed by atoms with E-state index in [0.717, 1.165) is 24.5 Å². The Balaban J connectivity index is 1.34. The lowest BCUT2D eigenvalue weighted by molar-refractivity contribution is -0.861. The lowest BCUT2D eigenvalue weighted by Gasteiger charge is -2.45. The Labute approximate surface area is 225 Å². The van der Waals surface area contributed by atoms with Crippen LogP contribution in [0.1, 0.15) is 25.5 Å². The minimum Gasteiger partial charge on any atom is -0.633 e. The van der Waals surface area contributed by atoms with Crippen molar-refractivity contribution in [2.75, 3.05) is 43.4 Å². The number of pyridine rings is 1. The van der Waals surface area contributed by atoms with Crippen LogP contribution < -0.4 is 15.8 Å². The van der Waals surface area contributed by atoms with Gasteiger partial charge < -0.3 is 25.2 Å². The third-order valence-electron chi connectivity index (χ3n) is 7.60. The summed E-state index contributed by atoms with van der Waals surface area (Å²) in [5.41, 5.74) is 1.52. The van der Waals surface area contributed by atoms with Crippen LogP contribution in [0.3, 0.4) is 0 Å². The first kappa shape index (κ1) is 25.2. The minimum absolute atomic E-state index is 0.196. The van der Waals surface area contributed by atoms with E-state index in [1.54, 1.807) is 35.5 Å². The van der Waals surface area contributed by atoms with Gasteiger partial charge in [0.1, 0.15) is 11.0 Å². The minimum atomic E-state index is -1.10. The van der Waals surface area contributed by atoms with Crippen LogP contribution in [0.15, 0.2) is 65.6 Å². The zero-order valence-electron chi connectivity index (χ0n) is 22.1. The Bertz CT molecular complexity index is 1590. The van der Waals surface area contributed by atoms with E-state index in [2.05, 4.69) is 15.2 Å². The zero-order valence-corrected chi connectivity index (χ0v) is 22.1. The molecule has 39 heavy (non-hydrogen) atoms. The maximum atomic E-state index is 13.3. The second kappa shape index (κ2) is 9.60. The van der Waals surface area contributed by atoms with Gasteiger partial charge in [0.25, 0.3) is 5.56 Å². The maximum Gasteiger partial charge on any atom is 0.278 e. The van der Waals surface area contributed by atoms with E-state index in [0.29, 0.717) is 61.0 Å². The van der Waals surface area contributed by atoms with Gasteiger partial charge >= 0.3 is 0 Å². The fourth-order valence-corrected chi connectivity index (χ4v) is 5.14. The van der Waals surface area contributed by atoms with E-state index >= 15 is 0 Å². The molecule has 11 heteroatoms. The summed E-state index contributed by atoms with van der Waals surface area (Å²) in [5, 5.41) is 26.8. The van der Waals surface area contributed by atoms with Crippen LogP contribution >= 0.6 is 0 Å². The zero-order chi connectivity index (χ0) is 27.2. The summed E-state index contributed by atoms with van der Waals surface area (Å²) in [5.74, 6) is 0.847. The van der Waals surface area contributed by atoms with Crippen molar-refractivity contribution in [2.24, 2.45) is 0 Å². The number of allylic oxidation sites excluding steroid dienone is 2. The van der Waals surface area contributed by atoms with Crippen LogP contribution in [0, 0.1) is 5.21 Å². The van der Waals surface area contributed by atoms with Crippen LogP contribution in [0.5, 0.6) is 0 Å². The molecule has 202 valence electrons. The Morgan fingerprint density at radius 1 is 1.08 bits per heavy atom. The SMILES string of the molecule is CC1(O)CC/C=C\Cn2c(=O)c3cnc(Nc4ccc(N5CC[N+](C)([O-])CC5)cc4)nc3n2-c2cccc1n2. The van der Waals surface area contributed by atoms with Gasteiger partial charge in [-0.15, -0.1) is 0 Å². The van der Waals surface area contributed by atoms with Crippen molar-refractivity contribution >= 4 is 28.4 Å². The number of benzene rings is 1. The predicted octanol–water partition coefficient (Wildman–Crippen LogP) is 3.04. The molecule has 5 heterocycles. The van der Waals surface area contributed by atoms with Crippen LogP contribution in [0.4, 0.5) is 17.3 Å². The van der Waals surface area contributed by atoms with Crippen molar-refractivity contribution in [1.29, 1.82) is 0 Å². The number of nitrogens with zero attached hydrogens (tertiary/aromatic N) is 7. The Morgan fingerprint density at radius 2 is 1.85 bits per heavy atom. The van der Waals surface area contributed by atoms with Crippen LogP contribution in [0.2, 0.25) is 0 Å². The van der Waals surface area contributed by atoms with Crippen LogP contribution in [0.25, 0.3) is 16.9 Å². The summed E-state index contributed by atoms with van der Waals surface area (Å²) >= 11 is 0. The lowest BCUT2D eigenvalue weighted by Crippen LogP contribution is -2.53. The maximum absolute atomic E-state index is 13.3. The number of hydrogen-bond acceptors (Lipinski definition) is 8. The van der Waals surface area contributed by atoms with Crippen molar-refractivity contribution in [3.8, 4) is 5.82 Å². The Kier molecular flexibility index (Phi) is 6.21.